The quantitative estimate of drug-likeness (QED) is 0.297. The zero-order chi connectivity index (χ0) is 24.4. The lowest BCUT2D eigenvalue weighted by atomic mass is 9.71. The van der Waals surface area contributed by atoms with Crippen molar-refractivity contribution in [1.82, 2.24) is 9.80 Å². The topological polar surface area (TPSA) is 191 Å². The molecule has 4 amide bonds. The third-order valence-corrected chi connectivity index (χ3v) is 5.62. The van der Waals surface area contributed by atoms with Gasteiger partial charge >= 0.3 is 21.7 Å². The summed E-state index contributed by atoms with van der Waals surface area (Å²) in [6, 6.07) is 13.5. The molecule has 0 unspecified atom stereocenters. The van der Waals surface area contributed by atoms with E-state index in [4.69, 9.17) is 19.6 Å². The average molecular weight is 500 g/mol. The zero-order valence-electron chi connectivity index (χ0n) is 16.6. The summed E-state index contributed by atoms with van der Waals surface area (Å²) in [4.78, 5) is 76.9. The molecule has 33 heavy (non-hydrogen) atoms. The maximum atomic E-state index is 13.7. The number of carbonyl (C=O) groups is 3. The fourth-order valence-electron chi connectivity index (χ4n) is 3.35. The van der Waals surface area contributed by atoms with Crippen molar-refractivity contribution < 1.29 is 52.1 Å². The molecule has 4 N–H and O–H groups in total. The number of imide groups is 2. The van der Waals surface area contributed by atoms with Gasteiger partial charge in [0.2, 0.25) is 0 Å². The molecular weight excluding hydrogens is 482 g/mol. The van der Waals surface area contributed by atoms with Crippen LogP contribution in [0, 0.1) is 0 Å². The maximum absolute atomic E-state index is 13.7. The Kier molecular flexibility index (Phi) is 6.99. The highest BCUT2D eigenvalue weighted by atomic mass is 31.2. The van der Waals surface area contributed by atoms with E-state index in [0.717, 1.165) is 0 Å². The first-order chi connectivity index (χ1) is 15.4. The average Bonchev–Trinajstić information content (AvgIpc) is 2.74. The predicted octanol–water partition coefficient (Wildman–Crippen LogP) is 0.897. The van der Waals surface area contributed by atoms with Crippen molar-refractivity contribution in [3.8, 4) is 0 Å². The second kappa shape index (κ2) is 9.26. The van der Waals surface area contributed by atoms with Gasteiger partial charge in [-0.05, 0) is 11.1 Å². The van der Waals surface area contributed by atoms with Crippen molar-refractivity contribution in [2.75, 3.05) is 13.5 Å². The van der Waals surface area contributed by atoms with Crippen LogP contribution in [0.5, 0.6) is 0 Å². The number of rotatable bonds is 8. The van der Waals surface area contributed by atoms with E-state index in [1.807, 2.05) is 0 Å². The Labute approximate surface area is 186 Å². The number of hydrogen-bond acceptors (Lipinski definition) is 7. The van der Waals surface area contributed by atoms with Gasteiger partial charge in [-0.1, -0.05) is 60.7 Å². The van der Waals surface area contributed by atoms with Crippen LogP contribution in [-0.2, 0) is 33.2 Å². The van der Waals surface area contributed by atoms with Gasteiger partial charge in [0.05, 0.1) is 0 Å². The van der Waals surface area contributed by atoms with E-state index in [1.165, 1.54) is 48.5 Å². The summed E-state index contributed by atoms with van der Waals surface area (Å²) in [7, 11) is -10.3. The zero-order valence-corrected chi connectivity index (χ0v) is 18.4. The molecule has 1 saturated heterocycles. The van der Waals surface area contributed by atoms with E-state index in [1.54, 1.807) is 12.1 Å². The number of benzene rings is 2. The number of barbiturate groups is 1. The molecule has 2 aromatic carbocycles. The first kappa shape index (κ1) is 24.9. The third-order valence-electron chi connectivity index (χ3n) is 4.72. The summed E-state index contributed by atoms with van der Waals surface area (Å²) in [5.41, 5.74) is -2.09. The van der Waals surface area contributed by atoms with Crippen LogP contribution in [0.1, 0.15) is 11.1 Å². The SMILES string of the molecule is O=C1N(COP(=O)(O)O)C(=O)C(c2ccccc2)(c2ccccc2)C(=O)N1COP(=O)(O)O. The summed E-state index contributed by atoms with van der Waals surface area (Å²) in [6.07, 6.45) is 0. The van der Waals surface area contributed by atoms with Crippen LogP contribution in [0.25, 0.3) is 0 Å². The minimum atomic E-state index is -5.15. The van der Waals surface area contributed by atoms with Crippen LogP contribution < -0.4 is 0 Å². The standard InChI is InChI=1S/C18H18N2O11P2/c21-15-18(13-7-3-1-4-8-13,14-9-5-2-6-10-14)16(22)20(12-31-33(27,28)29)17(23)19(15)11-30-32(24,25)26/h1-10H,11-12H2,(H2,24,25,26)(H2,27,28,29). The smallest absolute Gasteiger partial charge is 0.303 e. The number of hydrogen-bond donors (Lipinski definition) is 4. The summed E-state index contributed by atoms with van der Waals surface area (Å²) in [6.45, 7) is -2.49. The van der Waals surface area contributed by atoms with E-state index in [-0.39, 0.29) is 20.9 Å². The second-order valence-corrected chi connectivity index (χ2v) is 9.21. The molecule has 1 heterocycles. The van der Waals surface area contributed by atoms with Gasteiger partial charge in [-0.3, -0.25) is 18.6 Å². The monoisotopic (exact) mass is 500 g/mol. The molecule has 3 rings (SSSR count). The molecule has 2 aromatic rings. The Balaban J connectivity index is 2.23. The van der Waals surface area contributed by atoms with Crippen molar-refractivity contribution in [2.45, 2.75) is 5.41 Å². The lowest BCUT2D eigenvalue weighted by Crippen LogP contribution is -2.68. The van der Waals surface area contributed by atoms with E-state index in [0.29, 0.717) is 0 Å². The predicted molar refractivity (Wildman–Crippen MR) is 109 cm³/mol. The Morgan fingerprint density at radius 1 is 0.667 bits per heavy atom. The van der Waals surface area contributed by atoms with Gasteiger partial charge in [-0.2, -0.15) is 0 Å². The van der Waals surface area contributed by atoms with E-state index < -0.39 is 52.4 Å². The maximum Gasteiger partial charge on any atom is 0.471 e. The van der Waals surface area contributed by atoms with Crippen molar-refractivity contribution in [3.63, 3.8) is 0 Å². The summed E-state index contributed by atoms with van der Waals surface area (Å²) in [5, 5.41) is 0. The molecule has 0 aliphatic carbocycles. The number of urea groups is 1. The van der Waals surface area contributed by atoms with Crippen molar-refractivity contribution in [1.29, 1.82) is 0 Å². The van der Waals surface area contributed by atoms with Crippen LogP contribution in [-0.4, -0.2) is 60.7 Å². The largest absolute Gasteiger partial charge is 0.471 e. The highest BCUT2D eigenvalue weighted by Crippen LogP contribution is 2.43. The Morgan fingerprint density at radius 2 is 1.00 bits per heavy atom. The fourth-order valence-corrected chi connectivity index (χ4v) is 3.88. The molecule has 0 radical (unpaired) electrons. The van der Waals surface area contributed by atoms with Gasteiger partial charge in [0.15, 0.2) is 5.41 Å². The van der Waals surface area contributed by atoms with E-state index in [9.17, 15) is 23.5 Å². The van der Waals surface area contributed by atoms with Gasteiger partial charge in [0.1, 0.15) is 13.5 Å². The molecule has 1 aliphatic heterocycles. The summed E-state index contributed by atoms with van der Waals surface area (Å²) >= 11 is 0. The second-order valence-electron chi connectivity index (χ2n) is 6.73. The van der Waals surface area contributed by atoms with Gasteiger partial charge in [0, 0.05) is 0 Å². The Morgan fingerprint density at radius 3 is 1.30 bits per heavy atom. The van der Waals surface area contributed by atoms with Crippen LogP contribution in [0.2, 0.25) is 0 Å². The molecule has 1 aliphatic rings. The molecule has 0 aromatic heterocycles. The van der Waals surface area contributed by atoms with Gasteiger partial charge in [-0.25, -0.2) is 23.7 Å². The molecule has 0 atom stereocenters. The molecule has 176 valence electrons. The third kappa shape index (κ3) is 5.11. The first-order valence-corrected chi connectivity index (χ1v) is 12.1. The number of amides is 4. The molecule has 0 saturated carbocycles. The fraction of sp³-hybridized carbons (Fsp3) is 0.167. The van der Waals surface area contributed by atoms with Gasteiger partial charge in [0.25, 0.3) is 11.8 Å². The highest BCUT2D eigenvalue weighted by Gasteiger charge is 2.60. The lowest BCUT2D eigenvalue weighted by Gasteiger charge is -2.44. The summed E-state index contributed by atoms with van der Waals surface area (Å²) in [5.74, 6) is -2.37. The van der Waals surface area contributed by atoms with Crippen LogP contribution >= 0.6 is 15.6 Å². The lowest BCUT2D eigenvalue weighted by molar-refractivity contribution is -0.153. The van der Waals surface area contributed by atoms with E-state index in [2.05, 4.69) is 9.05 Å². The first-order valence-electron chi connectivity index (χ1n) is 9.07. The van der Waals surface area contributed by atoms with Crippen LogP contribution in [0.15, 0.2) is 60.7 Å². The van der Waals surface area contributed by atoms with Crippen LogP contribution in [0.3, 0.4) is 0 Å². The normalized spacial score (nSPS) is 16.9. The van der Waals surface area contributed by atoms with E-state index >= 15 is 0 Å². The van der Waals surface area contributed by atoms with Crippen LogP contribution in [0.4, 0.5) is 4.79 Å². The van der Waals surface area contributed by atoms with Crippen molar-refractivity contribution in [2.24, 2.45) is 0 Å². The highest BCUT2D eigenvalue weighted by molar-refractivity contribution is 7.46. The van der Waals surface area contributed by atoms with Gasteiger partial charge < -0.3 is 19.6 Å². The Bertz CT molecular complexity index is 1060. The molecule has 0 spiro atoms. The molecule has 15 heteroatoms. The Hall–Kier alpha value is -2.73. The van der Waals surface area contributed by atoms with Crippen molar-refractivity contribution >= 4 is 33.5 Å². The molecule has 13 nitrogen and oxygen atoms in total. The van der Waals surface area contributed by atoms with Gasteiger partial charge in [-0.15, -0.1) is 0 Å². The molecule has 0 bridgehead atoms. The number of phosphoric ester groups is 2. The van der Waals surface area contributed by atoms with Crippen molar-refractivity contribution in [3.05, 3.63) is 71.8 Å². The molecule has 1 fully saturated rings. The minimum absolute atomic E-state index is 0.0843. The summed E-state index contributed by atoms with van der Waals surface area (Å²) < 4.78 is 31.1. The number of nitrogens with zero attached hydrogens (tertiary/aromatic N) is 2. The number of phosphoric acid groups is 2. The molecular formula is C18H18N2O11P2. The minimum Gasteiger partial charge on any atom is -0.303 e. The number of carbonyl (C=O) groups excluding carboxylic acids is 3.